The first-order valence-electron chi connectivity index (χ1n) is 10.3. The lowest BCUT2D eigenvalue weighted by Gasteiger charge is -2.12. The van der Waals surface area contributed by atoms with Crippen molar-refractivity contribution < 1.29 is 9.47 Å². The molecule has 5 nitrogen and oxygen atoms in total. The number of aromatic nitrogens is 2. The molecule has 0 saturated heterocycles. The standard InChI is InChI=1S/C25H18Cl2N2O3S/c26-17-13-16(14-22-24(30)29-21-10-5-4-9-20(21)28-25(29)33-22)23(19(27)15-17)32-12-6-11-31-18-7-2-1-3-8-18/h1-5,7-10,13-15H,6,11-12H2. The molecule has 0 fully saturated rings. The van der Waals surface area contributed by atoms with E-state index in [1.807, 2.05) is 54.6 Å². The number of fused-ring (bicyclic) bond motifs is 3. The third-order valence-electron chi connectivity index (χ3n) is 5.02. The van der Waals surface area contributed by atoms with E-state index in [9.17, 15) is 4.79 Å². The van der Waals surface area contributed by atoms with E-state index >= 15 is 0 Å². The van der Waals surface area contributed by atoms with Crippen molar-refractivity contribution in [2.24, 2.45) is 0 Å². The van der Waals surface area contributed by atoms with Crippen molar-refractivity contribution >= 4 is 56.6 Å². The maximum Gasteiger partial charge on any atom is 0.274 e. The molecule has 0 amide bonds. The molecule has 5 rings (SSSR count). The van der Waals surface area contributed by atoms with Gasteiger partial charge in [0.2, 0.25) is 0 Å². The molecular formula is C25H18Cl2N2O3S. The zero-order valence-corrected chi connectivity index (χ0v) is 19.7. The number of ether oxygens (including phenoxy) is 2. The topological polar surface area (TPSA) is 52.8 Å². The highest BCUT2D eigenvalue weighted by Gasteiger charge is 2.13. The van der Waals surface area contributed by atoms with Crippen molar-refractivity contribution in [2.45, 2.75) is 6.42 Å². The monoisotopic (exact) mass is 496 g/mol. The first-order valence-corrected chi connectivity index (χ1v) is 11.9. The van der Waals surface area contributed by atoms with Gasteiger partial charge in [-0.1, -0.05) is 64.9 Å². The average molecular weight is 497 g/mol. The van der Waals surface area contributed by atoms with Crippen molar-refractivity contribution in [1.29, 1.82) is 0 Å². The minimum atomic E-state index is -0.137. The van der Waals surface area contributed by atoms with Crippen molar-refractivity contribution in [2.75, 3.05) is 13.2 Å². The Labute approximate surface area is 203 Å². The van der Waals surface area contributed by atoms with E-state index in [4.69, 9.17) is 32.7 Å². The fourth-order valence-electron chi connectivity index (χ4n) is 3.53. The van der Waals surface area contributed by atoms with Gasteiger partial charge in [0.15, 0.2) is 4.96 Å². The van der Waals surface area contributed by atoms with Crippen LogP contribution in [0.5, 0.6) is 11.5 Å². The van der Waals surface area contributed by atoms with Crippen molar-refractivity contribution in [3.8, 4) is 11.5 Å². The van der Waals surface area contributed by atoms with E-state index in [0.29, 0.717) is 50.5 Å². The van der Waals surface area contributed by atoms with Crippen LogP contribution in [0.4, 0.5) is 0 Å². The predicted molar refractivity (Wildman–Crippen MR) is 134 cm³/mol. The van der Waals surface area contributed by atoms with Gasteiger partial charge in [-0.3, -0.25) is 4.79 Å². The molecule has 0 radical (unpaired) electrons. The van der Waals surface area contributed by atoms with Crippen LogP contribution in [0.25, 0.3) is 22.1 Å². The highest BCUT2D eigenvalue weighted by Crippen LogP contribution is 2.33. The Balaban J connectivity index is 1.41. The predicted octanol–water partition coefficient (Wildman–Crippen LogP) is 5.61. The third kappa shape index (κ3) is 4.55. The second kappa shape index (κ2) is 9.43. The lowest BCUT2D eigenvalue weighted by molar-refractivity contribution is 0.247. The summed E-state index contributed by atoms with van der Waals surface area (Å²) >= 11 is 14.0. The quantitative estimate of drug-likeness (QED) is 0.274. The van der Waals surface area contributed by atoms with Gasteiger partial charge in [-0.25, -0.2) is 9.38 Å². The van der Waals surface area contributed by atoms with Crippen molar-refractivity contribution in [1.82, 2.24) is 9.38 Å². The Kier molecular flexibility index (Phi) is 6.22. The molecular weight excluding hydrogens is 479 g/mol. The molecule has 0 aliphatic carbocycles. The van der Waals surface area contributed by atoms with E-state index in [-0.39, 0.29) is 5.56 Å². The number of nitrogens with zero attached hydrogens (tertiary/aromatic N) is 2. The summed E-state index contributed by atoms with van der Waals surface area (Å²) in [7, 11) is 0. The normalized spacial score (nSPS) is 12.0. The number of imidazole rings is 1. The summed E-state index contributed by atoms with van der Waals surface area (Å²) in [4.78, 5) is 18.3. The smallest absolute Gasteiger partial charge is 0.274 e. The largest absolute Gasteiger partial charge is 0.493 e. The van der Waals surface area contributed by atoms with E-state index in [1.165, 1.54) is 11.3 Å². The zero-order chi connectivity index (χ0) is 22.8. The maximum atomic E-state index is 13.1. The van der Waals surface area contributed by atoms with E-state index in [1.54, 1.807) is 22.6 Å². The number of hydrogen-bond donors (Lipinski definition) is 0. The van der Waals surface area contributed by atoms with Crippen molar-refractivity contribution in [3.63, 3.8) is 0 Å². The van der Waals surface area contributed by atoms with Gasteiger partial charge in [-0.15, -0.1) is 0 Å². The molecule has 2 aromatic heterocycles. The molecule has 0 spiro atoms. The molecule has 33 heavy (non-hydrogen) atoms. The van der Waals surface area contributed by atoms with Crippen LogP contribution < -0.4 is 19.6 Å². The van der Waals surface area contributed by atoms with Gasteiger partial charge in [0.1, 0.15) is 11.5 Å². The Morgan fingerprint density at radius 2 is 1.73 bits per heavy atom. The summed E-state index contributed by atoms with van der Waals surface area (Å²) in [5, 5.41) is 0.849. The summed E-state index contributed by atoms with van der Waals surface area (Å²) < 4.78 is 13.8. The lowest BCUT2D eigenvalue weighted by Crippen LogP contribution is -2.22. The number of benzene rings is 3. The second-order valence-electron chi connectivity index (χ2n) is 7.30. The van der Waals surface area contributed by atoms with Gasteiger partial charge in [0.25, 0.3) is 5.56 Å². The van der Waals surface area contributed by atoms with E-state index < -0.39 is 0 Å². The fraction of sp³-hybridized carbons (Fsp3) is 0.120. The van der Waals surface area contributed by atoms with Crippen LogP contribution in [-0.2, 0) is 0 Å². The van der Waals surface area contributed by atoms with Gasteiger partial charge in [-0.05, 0) is 42.5 Å². The Morgan fingerprint density at radius 1 is 0.970 bits per heavy atom. The SMILES string of the molecule is O=c1c(=Cc2cc(Cl)cc(Cl)c2OCCCOc2ccccc2)sc2nc3ccccc3n12. The first kappa shape index (κ1) is 21.8. The minimum absolute atomic E-state index is 0.137. The zero-order valence-electron chi connectivity index (χ0n) is 17.3. The molecule has 2 heterocycles. The third-order valence-corrected chi connectivity index (χ3v) is 6.48. The molecule has 8 heteroatoms. The van der Waals surface area contributed by atoms with Crippen LogP contribution in [0.3, 0.4) is 0 Å². The van der Waals surface area contributed by atoms with E-state index in [0.717, 1.165) is 16.8 Å². The van der Waals surface area contributed by atoms with Gasteiger partial charge in [0.05, 0.1) is 33.8 Å². The maximum absolute atomic E-state index is 13.1. The molecule has 0 unspecified atom stereocenters. The molecule has 5 aromatic rings. The Morgan fingerprint density at radius 3 is 2.58 bits per heavy atom. The van der Waals surface area contributed by atoms with Crippen LogP contribution >= 0.6 is 34.5 Å². The van der Waals surface area contributed by atoms with Crippen LogP contribution in [0.1, 0.15) is 12.0 Å². The fourth-order valence-corrected chi connectivity index (χ4v) is 5.07. The summed E-state index contributed by atoms with van der Waals surface area (Å²) in [6.07, 6.45) is 2.42. The molecule has 166 valence electrons. The van der Waals surface area contributed by atoms with Crippen LogP contribution in [0.2, 0.25) is 10.0 Å². The van der Waals surface area contributed by atoms with Crippen molar-refractivity contribution in [3.05, 3.63) is 97.2 Å². The first-order chi connectivity index (χ1) is 16.1. The number of para-hydroxylation sites is 3. The summed E-state index contributed by atoms with van der Waals surface area (Å²) in [6, 6.07) is 20.5. The van der Waals surface area contributed by atoms with Gasteiger partial charge in [0, 0.05) is 17.0 Å². The molecule has 3 aromatic carbocycles. The average Bonchev–Trinajstić information content (AvgIpc) is 3.32. The molecule has 0 saturated carbocycles. The van der Waals surface area contributed by atoms with Gasteiger partial charge < -0.3 is 9.47 Å². The van der Waals surface area contributed by atoms with Gasteiger partial charge in [-0.2, -0.15) is 0 Å². The van der Waals surface area contributed by atoms with Crippen LogP contribution in [-0.4, -0.2) is 22.6 Å². The number of hydrogen-bond acceptors (Lipinski definition) is 5. The summed E-state index contributed by atoms with van der Waals surface area (Å²) in [5.41, 5.74) is 2.08. The van der Waals surface area contributed by atoms with Crippen LogP contribution in [0, 0.1) is 0 Å². The Bertz CT molecular complexity index is 1550. The molecule has 0 aliphatic rings. The Hall–Kier alpha value is -3.06. The number of rotatable bonds is 7. The number of thiazole rings is 1. The molecule has 0 N–H and O–H groups in total. The molecule has 0 aliphatic heterocycles. The summed E-state index contributed by atoms with van der Waals surface area (Å²) in [6.45, 7) is 0.909. The highest BCUT2D eigenvalue weighted by atomic mass is 35.5. The lowest BCUT2D eigenvalue weighted by atomic mass is 10.2. The number of halogens is 2. The van der Waals surface area contributed by atoms with E-state index in [2.05, 4.69) is 4.98 Å². The molecule has 0 bridgehead atoms. The minimum Gasteiger partial charge on any atom is -0.493 e. The molecule has 0 atom stereocenters. The summed E-state index contributed by atoms with van der Waals surface area (Å²) in [5.74, 6) is 1.30. The van der Waals surface area contributed by atoms with Crippen LogP contribution in [0.15, 0.2) is 71.5 Å². The second-order valence-corrected chi connectivity index (χ2v) is 9.16. The van der Waals surface area contributed by atoms with Gasteiger partial charge >= 0.3 is 0 Å². The highest BCUT2D eigenvalue weighted by molar-refractivity contribution is 7.15.